The van der Waals surface area contributed by atoms with Crippen molar-refractivity contribution in [2.45, 2.75) is 37.8 Å². The van der Waals surface area contributed by atoms with Crippen molar-refractivity contribution in [2.24, 2.45) is 10.2 Å². The van der Waals surface area contributed by atoms with Gasteiger partial charge < -0.3 is 9.47 Å². The first-order valence-electron chi connectivity index (χ1n) is 5.85. The number of esters is 2. The fourth-order valence-corrected chi connectivity index (χ4v) is 1.31. The first-order valence-corrected chi connectivity index (χ1v) is 5.85. The average molecular weight is 280 g/mol. The molecule has 0 N–H and O–H groups in total. The minimum Gasteiger partial charge on any atom is -0.466 e. The van der Waals surface area contributed by atoms with Crippen LogP contribution in [0.15, 0.2) is 10.2 Å². The molecule has 0 aromatic rings. The molecule has 0 spiro atoms. The highest BCUT2D eigenvalue weighted by atomic mass is 16.5. The van der Waals surface area contributed by atoms with Gasteiger partial charge in [-0.3, -0.25) is 0 Å². The Hall–Kier alpha value is -2.48. The Balaban J connectivity index is 5.73. The fourth-order valence-electron chi connectivity index (χ4n) is 1.31. The van der Waals surface area contributed by atoms with Crippen molar-refractivity contribution in [1.82, 2.24) is 0 Å². The molecule has 0 heterocycles. The molecule has 0 aromatic carbocycles. The highest BCUT2D eigenvalue weighted by Gasteiger charge is 2.43. The predicted molar refractivity (Wildman–Crippen MR) is 66.2 cm³/mol. The molecule has 0 amide bonds. The number of nitriles is 2. The minimum absolute atomic E-state index is 0.00787. The molecule has 0 radical (unpaired) electrons. The molecule has 2 unspecified atom stereocenters. The van der Waals surface area contributed by atoms with E-state index in [1.54, 1.807) is 12.1 Å². The molecule has 0 saturated heterocycles. The number of carbonyl (C=O) groups is 2. The summed E-state index contributed by atoms with van der Waals surface area (Å²) in [6.45, 7) is 3.08. The third kappa shape index (κ3) is 3.09. The highest BCUT2D eigenvalue weighted by Crippen LogP contribution is 2.23. The summed E-state index contributed by atoms with van der Waals surface area (Å²) in [5, 5.41) is 25.4. The lowest BCUT2D eigenvalue weighted by Gasteiger charge is -2.20. The number of ether oxygens (including phenoxy) is 2. The van der Waals surface area contributed by atoms with Crippen LogP contribution in [0.4, 0.5) is 0 Å². The molecule has 108 valence electrons. The summed E-state index contributed by atoms with van der Waals surface area (Å²) in [6.07, 6.45) is -0.0157. The monoisotopic (exact) mass is 280 g/mol. The van der Waals surface area contributed by atoms with Crippen LogP contribution in [0.3, 0.4) is 0 Å². The van der Waals surface area contributed by atoms with Gasteiger partial charge in [-0.25, -0.2) is 9.59 Å². The topological polar surface area (TPSA) is 125 Å². The summed E-state index contributed by atoms with van der Waals surface area (Å²) < 4.78 is 9.01. The van der Waals surface area contributed by atoms with Crippen LogP contribution in [0.1, 0.15) is 26.7 Å². The van der Waals surface area contributed by atoms with Crippen LogP contribution in [0.25, 0.3) is 0 Å². The number of carbonyl (C=O) groups excluding carboxylic acids is 2. The van der Waals surface area contributed by atoms with E-state index < -0.39 is 23.0 Å². The smallest absolute Gasteiger partial charge is 0.350 e. The molecule has 0 aliphatic carbocycles. The standard InChI is InChI=1S/C12H16N4O4/c1-5-11(7-13,9(17)19-3)15-16-12(6-2,8-14)10(18)20-4/h5-6H2,1-4H3/b16-15+. The maximum Gasteiger partial charge on any atom is 0.350 e. The third-order valence-corrected chi connectivity index (χ3v) is 2.83. The van der Waals surface area contributed by atoms with Gasteiger partial charge in [0.05, 0.1) is 14.2 Å². The summed E-state index contributed by atoms with van der Waals surface area (Å²) in [7, 11) is 2.22. The highest BCUT2D eigenvalue weighted by molar-refractivity contribution is 5.85. The van der Waals surface area contributed by atoms with Gasteiger partial charge in [-0.2, -0.15) is 20.8 Å². The molecule has 0 bridgehead atoms. The minimum atomic E-state index is -1.87. The molecular weight excluding hydrogens is 264 g/mol. The van der Waals surface area contributed by atoms with Crippen LogP contribution in [0.2, 0.25) is 0 Å². The van der Waals surface area contributed by atoms with Crippen LogP contribution in [-0.2, 0) is 19.1 Å². The van der Waals surface area contributed by atoms with Crippen molar-refractivity contribution in [1.29, 1.82) is 10.5 Å². The van der Waals surface area contributed by atoms with E-state index >= 15 is 0 Å². The SMILES string of the molecule is CCC(C#N)(/N=N/C(C#N)(CC)C(=O)OC)C(=O)OC. The van der Waals surface area contributed by atoms with Gasteiger partial charge in [0, 0.05) is 0 Å². The van der Waals surface area contributed by atoms with Crippen molar-refractivity contribution in [3.63, 3.8) is 0 Å². The molecule has 8 heteroatoms. The first kappa shape index (κ1) is 17.5. The Morgan fingerprint density at radius 2 is 1.25 bits per heavy atom. The van der Waals surface area contributed by atoms with E-state index in [0.717, 1.165) is 14.2 Å². The van der Waals surface area contributed by atoms with Gasteiger partial charge in [-0.1, -0.05) is 13.8 Å². The van der Waals surface area contributed by atoms with Gasteiger partial charge >= 0.3 is 11.9 Å². The Kier molecular flexibility index (Phi) is 6.30. The van der Waals surface area contributed by atoms with Crippen LogP contribution in [0, 0.1) is 22.7 Å². The largest absolute Gasteiger partial charge is 0.466 e. The van der Waals surface area contributed by atoms with E-state index in [-0.39, 0.29) is 12.8 Å². The molecule has 0 rings (SSSR count). The zero-order valence-electron chi connectivity index (χ0n) is 11.8. The predicted octanol–water partition coefficient (Wildman–Crippen LogP) is 1.13. The second-order valence-corrected chi connectivity index (χ2v) is 3.83. The van der Waals surface area contributed by atoms with Crippen molar-refractivity contribution < 1.29 is 19.1 Å². The average Bonchev–Trinajstić information content (AvgIpc) is 2.51. The van der Waals surface area contributed by atoms with Gasteiger partial charge in [0.15, 0.2) is 0 Å². The maximum atomic E-state index is 11.6. The zero-order valence-corrected chi connectivity index (χ0v) is 11.8. The van der Waals surface area contributed by atoms with Gasteiger partial charge in [0.1, 0.15) is 12.1 Å². The molecule has 0 aromatic heterocycles. The second-order valence-electron chi connectivity index (χ2n) is 3.83. The van der Waals surface area contributed by atoms with E-state index in [1.807, 2.05) is 0 Å². The third-order valence-electron chi connectivity index (χ3n) is 2.83. The number of azo groups is 1. The van der Waals surface area contributed by atoms with Crippen molar-refractivity contribution in [3.8, 4) is 12.1 Å². The summed E-state index contributed by atoms with van der Waals surface area (Å²) in [5.41, 5.74) is -3.75. The molecule has 0 aliphatic heterocycles. The second kappa shape index (κ2) is 7.19. The van der Waals surface area contributed by atoms with Gasteiger partial charge in [-0.05, 0) is 12.8 Å². The maximum absolute atomic E-state index is 11.6. The van der Waals surface area contributed by atoms with E-state index in [9.17, 15) is 9.59 Å². The number of rotatable bonds is 6. The van der Waals surface area contributed by atoms with Crippen molar-refractivity contribution >= 4 is 11.9 Å². The van der Waals surface area contributed by atoms with Crippen LogP contribution in [0.5, 0.6) is 0 Å². The summed E-state index contributed by atoms with van der Waals surface area (Å²) >= 11 is 0. The quantitative estimate of drug-likeness (QED) is 0.530. The molecule has 0 fully saturated rings. The molecule has 20 heavy (non-hydrogen) atoms. The van der Waals surface area contributed by atoms with Crippen LogP contribution >= 0.6 is 0 Å². The first-order chi connectivity index (χ1) is 9.41. The molecule has 8 nitrogen and oxygen atoms in total. The Morgan fingerprint density at radius 3 is 1.40 bits per heavy atom. The van der Waals surface area contributed by atoms with E-state index in [4.69, 9.17) is 10.5 Å². The molecule has 0 aliphatic rings. The van der Waals surface area contributed by atoms with E-state index in [2.05, 4.69) is 19.7 Å². The van der Waals surface area contributed by atoms with Crippen molar-refractivity contribution in [2.75, 3.05) is 14.2 Å². The Morgan fingerprint density at radius 1 is 0.950 bits per heavy atom. The summed E-state index contributed by atoms with van der Waals surface area (Å²) in [5.74, 6) is -1.81. The molecule has 2 atom stereocenters. The lowest BCUT2D eigenvalue weighted by atomic mass is 9.98. The lowest BCUT2D eigenvalue weighted by molar-refractivity contribution is -0.147. The van der Waals surface area contributed by atoms with E-state index in [1.165, 1.54) is 13.8 Å². The summed E-state index contributed by atoms with van der Waals surface area (Å²) in [4.78, 5) is 23.3. The van der Waals surface area contributed by atoms with Gasteiger partial charge in [0.25, 0.3) is 11.1 Å². The Bertz CT molecular complexity index is 447. The molecule has 0 saturated carbocycles. The summed E-state index contributed by atoms with van der Waals surface area (Å²) in [6, 6.07) is 3.39. The number of nitrogens with zero attached hydrogens (tertiary/aromatic N) is 4. The Labute approximate surface area is 117 Å². The number of methoxy groups -OCH3 is 2. The molecular formula is C12H16N4O4. The lowest BCUT2D eigenvalue weighted by Crippen LogP contribution is -2.39. The fraction of sp³-hybridized carbons (Fsp3) is 0.667. The number of hydrogen-bond donors (Lipinski definition) is 0. The van der Waals surface area contributed by atoms with Gasteiger partial charge in [-0.15, -0.1) is 0 Å². The van der Waals surface area contributed by atoms with Crippen LogP contribution in [-0.4, -0.2) is 37.2 Å². The van der Waals surface area contributed by atoms with Gasteiger partial charge in [0.2, 0.25) is 0 Å². The van der Waals surface area contributed by atoms with E-state index in [0.29, 0.717) is 0 Å². The van der Waals surface area contributed by atoms with Crippen LogP contribution < -0.4 is 0 Å². The normalized spacial score (nSPS) is 16.3. The van der Waals surface area contributed by atoms with Crippen molar-refractivity contribution in [3.05, 3.63) is 0 Å². The number of hydrogen-bond acceptors (Lipinski definition) is 8. The zero-order chi connectivity index (χ0) is 15.8.